The van der Waals surface area contributed by atoms with Crippen molar-refractivity contribution in [1.82, 2.24) is 4.98 Å². The van der Waals surface area contributed by atoms with Gasteiger partial charge in [0.15, 0.2) is 0 Å². The molecule has 0 saturated carbocycles. The minimum atomic E-state index is -0.0182. The van der Waals surface area contributed by atoms with Crippen LogP contribution in [0.5, 0.6) is 0 Å². The molecule has 4 nitrogen and oxygen atoms in total. The van der Waals surface area contributed by atoms with E-state index in [-0.39, 0.29) is 5.91 Å². The van der Waals surface area contributed by atoms with Crippen LogP contribution in [0.25, 0.3) is 0 Å². The van der Waals surface area contributed by atoms with E-state index in [1.165, 1.54) is 0 Å². The van der Waals surface area contributed by atoms with Crippen LogP contribution in [0.15, 0.2) is 36.5 Å². The molecule has 0 aliphatic rings. The second-order valence-electron chi connectivity index (χ2n) is 5.30. The van der Waals surface area contributed by atoms with E-state index in [2.05, 4.69) is 15.6 Å². The third kappa shape index (κ3) is 4.61. The van der Waals surface area contributed by atoms with Gasteiger partial charge in [0.1, 0.15) is 5.82 Å². The predicted octanol–water partition coefficient (Wildman–Crippen LogP) is 5.12. The molecule has 6 heteroatoms. The average Bonchev–Trinajstić information content (AvgIpc) is 2.45. The minimum absolute atomic E-state index is 0.0182. The Morgan fingerprint density at radius 2 is 2.00 bits per heavy atom. The van der Waals surface area contributed by atoms with Gasteiger partial charge in [-0.2, -0.15) is 0 Å². The largest absolute Gasteiger partial charge is 0.339 e. The van der Waals surface area contributed by atoms with E-state index in [1.54, 1.807) is 30.5 Å². The van der Waals surface area contributed by atoms with Crippen molar-refractivity contribution in [2.45, 2.75) is 20.3 Å². The Kier molecular flexibility index (Phi) is 5.63. The highest BCUT2D eigenvalue weighted by atomic mass is 35.5. The van der Waals surface area contributed by atoms with E-state index in [0.717, 1.165) is 0 Å². The average molecular weight is 338 g/mol. The van der Waals surface area contributed by atoms with Gasteiger partial charge in [-0.25, -0.2) is 4.98 Å². The highest BCUT2D eigenvalue weighted by molar-refractivity contribution is 6.43. The molecule has 0 fully saturated rings. The third-order valence-corrected chi connectivity index (χ3v) is 3.67. The summed E-state index contributed by atoms with van der Waals surface area (Å²) >= 11 is 12.1. The van der Waals surface area contributed by atoms with Gasteiger partial charge < -0.3 is 10.6 Å². The summed E-state index contributed by atoms with van der Waals surface area (Å²) in [6.45, 7) is 4.00. The smallest absolute Gasteiger partial charge is 0.224 e. The first kappa shape index (κ1) is 16.6. The van der Waals surface area contributed by atoms with Crippen LogP contribution in [0.1, 0.15) is 20.3 Å². The molecule has 2 aromatic rings. The van der Waals surface area contributed by atoms with Crippen LogP contribution >= 0.6 is 23.2 Å². The van der Waals surface area contributed by atoms with E-state index in [4.69, 9.17) is 23.2 Å². The van der Waals surface area contributed by atoms with Gasteiger partial charge in [0.2, 0.25) is 5.91 Å². The molecule has 0 saturated heterocycles. The molecule has 22 heavy (non-hydrogen) atoms. The lowest BCUT2D eigenvalue weighted by Gasteiger charge is -2.10. The van der Waals surface area contributed by atoms with E-state index in [1.807, 2.05) is 19.9 Å². The summed E-state index contributed by atoms with van der Waals surface area (Å²) in [4.78, 5) is 15.9. The van der Waals surface area contributed by atoms with Gasteiger partial charge in [-0.15, -0.1) is 0 Å². The van der Waals surface area contributed by atoms with E-state index in [0.29, 0.717) is 39.6 Å². The lowest BCUT2D eigenvalue weighted by atomic mass is 10.1. The van der Waals surface area contributed by atoms with Gasteiger partial charge in [-0.3, -0.25) is 4.79 Å². The normalized spacial score (nSPS) is 10.6. The predicted molar refractivity (Wildman–Crippen MR) is 92.1 cm³/mol. The molecule has 0 bridgehead atoms. The Morgan fingerprint density at radius 1 is 1.23 bits per heavy atom. The standard InChI is InChI=1S/C16H17Cl2N3O/c1-10(2)8-15(22)20-11-6-7-14(19-9-11)21-13-5-3-4-12(17)16(13)18/h3-7,9-10H,8H2,1-2H3,(H,19,21)(H,20,22). The lowest BCUT2D eigenvalue weighted by molar-refractivity contribution is -0.116. The number of nitrogens with one attached hydrogen (secondary N) is 2. The van der Waals surface area contributed by atoms with Gasteiger partial charge in [0.05, 0.1) is 27.6 Å². The van der Waals surface area contributed by atoms with Crippen LogP contribution in [-0.2, 0) is 4.79 Å². The second-order valence-corrected chi connectivity index (χ2v) is 6.09. The second kappa shape index (κ2) is 7.47. The van der Waals surface area contributed by atoms with E-state index in [9.17, 15) is 4.79 Å². The number of hydrogen-bond donors (Lipinski definition) is 2. The Labute approximate surface area is 139 Å². The van der Waals surface area contributed by atoms with Crippen molar-refractivity contribution in [3.05, 3.63) is 46.6 Å². The summed E-state index contributed by atoms with van der Waals surface area (Å²) in [5.41, 5.74) is 1.34. The summed E-state index contributed by atoms with van der Waals surface area (Å²) in [7, 11) is 0. The van der Waals surface area contributed by atoms with Crippen molar-refractivity contribution in [3.8, 4) is 0 Å². The van der Waals surface area contributed by atoms with E-state index >= 15 is 0 Å². The fraction of sp³-hybridized carbons (Fsp3) is 0.250. The fourth-order valence-electron chi connectivity index (χ4n) is 1.86. The van der Waals surface area contributed by atoms with Crippen molar-refractivity contribution in [1.29, 1.82) is 0 Å². The van der Waals surface area contributed by atoms with Crippen LogP contribution < -0.4 is 10.6 Å². The highest BCUT2D eigenvalue weighted by Crippen LogP contribution is 2.31. The summed E-state index contributed by atoms with van der Waals surface area (Å²) in [5.74, 6) is 0.917. The molecule has 116 valence electrons. The number of aromatic nitrogens is 1. The number of nitrogens with zero attached hydrogens (tertiary/aromatic N) is 1. The number of benzene rings is 1. The Balaban J connectivity index is 2.03. The summed E-state index contributed by atoms with van der Waals surface area (Å²) < 4.78 is 0. The van der Waals surface area contributed by atoms with Gasteiger partial charge >= 0.3 is 0 Å². The number of rotatable bonds is 5. The van der Waals surface area contributed by atoms with Crippen LogP contribution in [-0.4, -0.2) is 10.9 Å². The maximum atomic E-state index is 11.7. The molecule has 1 amide bonds. The third-order valence-electron chi connectivity index (χ3n) is 2.86. The quantitative estimate of drug-likeness (QED) is 0.796. The Hall–Kier alpha value is -1.78. The number of carbonyl (C=O) groups is 1. The molecular weight excluding hydrogens is 321 g/mol. The minimum Gasteiger partial charge on any atom is -0.339 e. The Morgan fingerprint density at radius 3 is 2.64 bits per heavy atom. The molecule has 1 heterocycles. The van der Waals surface area contributed by atoms with Gasteiger partial charge in [0, 0.05) is 6.42 Å². The summed E-state index contributed by atoms with van der Waals surface area (Å²) in [6, 6.07) is 8.88. The molecule has 0 atom stereocenters. The molecule has 0 aliphatic heterocycles. The van der Waals surface area contributed by atoms with E-state index < -0.39 is 0 Å². The molecular formula is C16H17Cl2N3O. The Bertz CT molecular complexity index is 657. The first-order valence-corrected chi connectivity index (χ1v) is 7.68. The molecule has 0 unspecified atom stereocenters. The van der Waals surface area contributed by atoms with Crippen molar-refractivity contribution in [2.75, 3.05) is 10.6 Å². The highest BCUT2D eigenvalue weighted by Gasteiger charge is 2.07. The lowest BCUT2D eigenvalue weighted by Crippen LogP contribution is -2.13. The summed E-state index contributed by atoms with van der Waals surface area (Å²) in [5, 5.41) is 6.81. The molecule has 0 spiro atoms. The van der Waals surface area contributed by atoms with Crippen molar-refractivity contribution >= 4 is 46.3 Å². The fourth-order valence-corrected chi connectivity index (χ4v) is 2.21. The zero-order chi connectivity index (χ0) is 16.1. The molecule has 1 aromatic carbocycles. The number of pyridine rings is 1. The van der Waals surface area contributed by atoms with Crippen molar-refractivity contribution in [2.24, 2.45) is 5.92 Å². The number of hydrogen-bond acceptors (Lipinski definition) is 3. The maximum absolute atomic E-state index is 11.7. The van der Waals surface area contributed by atoms with Gasteiger partial charge in [-0.1, -0.05) is 43.1 Å². The van der Waals surface area contributed by atoms with Crippen molar-refractivity contribution in [3.63, 3.8) is 0 Å². The van der Waals surface area contributed by atoms with Crippen LogP contribution in [0, 0.1) is 5.92 Å². The van der Waals surface area contributed by atoms with Gasteiger partial charge in [0.25, 0.3) is 0 Å². The molecule has 1 aromatic heterocycles. The molecule has 0 aliphatic carbocycles. The number of amides is 1. The monoisotopic (exact) mass is 337 g/mol. The number of carbonyl (C=O) groups excluding carboxylic acids is 1. The number of anilines is 3. The zero-order valence-electron chi connectivity index (χ0n) is 12.4. The molecule has 2 rings (SSSR count). The molecule has 2 N–H and O–H groups in total. The van der Waals surface area contributed by atoms with Crippen LogP contribution in [0.4, 0.5) is 17.2 Å². The van der Waals surface area contributed by atoms with Crippen molar-refractivity contribution < 1.29 is 4.79 Å². The SMILES string of the molecule is CC(C)CC(=O)Nc1ccc(Nc2cccc(Cl)c2Cl)nc1. The topological polar surface area (TPSA) is 54.0 Å². The summed E-state index contributed by atoms with van der Waals surface area (Å²) in [6.07, 6.45) is 2.08. The van der Waals surface area contributed by atoms with Crippen LogP contribution in [0.3, 0.4) is 0 Å². The zero-order valence-corrected chi connectivity index (χ0v) is 13.9. The first-order valence-electron chi connectivity index (χ1n) is 6.92. The first-order chi connectivity index (χ1) is 10.5. The number of halogens is 2. The van der Waals surface area contributed by atoms with Crippen LogP contribution in [0.2, 0.25) is 10.0 Å². The van der Waals surface area contributed by atoms with Gasteiger partial charge in [-0.05, 0) is 30.2 Å². The molecule has 0 radical (unpaired) electrons. The maximum Gasteiger partial charge on any atom is 0.224 e.